The number of nitriles is 1. The Labute approximate surface area is 75.6 Å². The number of hydrogen-bond acceptors (Lipinski definition) is 3. The Bertz CT molecular complexity index is 341. The van der Waals surface area contributed by atoms with Crippen LogP contribution >= 0.6 is 11.8 Å². The van der Waals surface area contributed by atoms with Gasteiger partial charge in [-0.1, -0.05) is 0 Å². The predicted molar refractivity (Wildman–Crippen MR) is 48.8 cm³/mol. The highest BCUT2D eigenvalue weighted by atomic mass is 32.2. The zero-order chi connectivity index (χ0) is 8.39. The summed E-state index contributed by atoms with van der Waals surface area (Å²) in [4.78, 5) is 4.03. The van der Waals surface area contributed by atoms with E-state index in [2.05, 4.69) is 11.1 Å². The van der Waals surface area contributed by atoms with Crippen molar-refractivity contribution in [2.24, 2.45) is 0 Å². The summed E-state index contributed by atoms with van der Waals surface area (Å²) in [5.74, 6) is 2.14. The van der Waals surface area contributed by atoms with Gasteiger partial charge in [-0.05, 0) is 23.3 Å². The molecule has 0 aliphatic carbocycles. The van der Waals surface area contributed by atoms with E-state index in [9.17, 15) is 0 Å². The summed E-state index contributed by atoms with van der Waals surface area (Å²) >= 11 is 1.91. The second kappa shape index (κ2) is 3.16. The second-order valence-electron chi connectivity index (χ2n) is 2.74. The van der Waals surface area contributed by atoms with E-state index in [1.807, 2.05) is 18.0 Å². The van der Waals surface area contributed by atoms with Gasteiger partial charge in [0.1, 0.15) is 6.07 Å². The summed E-state index contributed by atoms with van der Waals surface area (Å²) < 4.78 is 0. The molecule has 0 saturated carbocycles. The van der Waals surface area contributed by atoms with Gasteiger partial charge in [-0.3, -0.25) is 4.98 Å². The fourth-order valence-electron chi connectivity index (χ4n) is 1.40. The second-order valence-corrected chi connectivity index (χ2v) is 3.84. The Kier molecular flexibility index (Phi) is 2.01. The lowest BCUT2D eigenvalue weighted by Crippen LogP contribution is -2.05. The van der Waals surface area contributed by atoms with Crippen LogP contribution in [0.2, 0.25) is 0 Å². The van der Waals surface area contributed by atoms with E-state index in [0.717, 1.165) is 23.5 Å². The van der Waals surface area contributed by atoms with Crippen molar-refractivity contribution in [1.82, 2.24) is 4.98 Å². The maximum atomic E-state index is 8.80. The van der Waals surface area contributed by atoms with Crippen molar-refractivity contribution in [3.8, 4) is 6.07 Å². The van der Waals surface area contributed by atoms with Gasteiger partial charge >= 0.3 is 0 Å². The van der Waals surface area contributed by atoms with E-state index in [0.29, 0.717) is 0 Å². The molecule has 0 atom stereocenters. The van der Waals surface area contributed by atoms with Crippen LogP contribution in [0.5, 0.6) is 0 Å². The van der Waals surface area contributed by atoms with E-state index >= 15 is 0 Å². The lowest BCUT2D eigenvalue weighted by molar-refractivity contribution is 1.04. The number of thioether (sulfide) groups is 1. The van der Waals surface area contributed by atoms with Gasteiger partial charge in [-0.15, -0.1) is 0 Å². The van der Waals surface area contributed by atoms with Gasteiger partial charge < -0.3 is 0 Å². The minimum atomic E-state index is 0.757. The van der Waals surface area contributed by atoms with Crippen molar-refractivity contribution in [3.05, 3.63) is 29.1 Å². The van der Waals surface area contributed by atoms with Crippen molar-refractivity contribution in [3.63, 3.8) is 0 Å². The third-order valence-corrected chi connectivity index (χ3v) is 3.03. The maximum Gasteiger partial charge on any atom is 0.101 e. The highest BCUT2D eigenvalue weighted by Crippen LogP contribution is 2.25. The summed E-state index contributed by atoms with van der Waals surface area (Å²) in [7, 11) is 0. The van der Waals surface area contributed by atoms with Gasteiger partial charge in [-0.2, -0.15) is 17.0 Å². The molecule has 12 heavy (non-hydrogen) atoms. The molecular weight excluding hydrogens is 168 g/mol. The van der Waals surface area contributed by atoms with Crippen LogP contribution in [-0.2, 0) is 12.2 Å². The molecule has 3 heteroatoms. The SMILES string of the molecule is N#Cc1cncc2c1CCSC2. The number of aromatic nitrogens is 1. The van der Waals surface area contributed by atoms with Crippen LogP contribution in [0.25, 0.3) is 0 Å². The first-order valence-corrected chi connectivity index (χ1v) is 5.01. The monoisotopic (exact) mass is 176 g/mol. The fourth-order valence-corrected chi connectivity index (χ4v) is 2.36. The number of pyridine rings is 1. The smallest absolute Gasteiger partial charge is 0.101 e. The molecular formula is C9H8N2S. The summed E-state index contributed by atoms with van der Waals surface area (Å²) in [5, 5.41) is 8.80. The first kappa shape index (κ1) is 7.63. The van der Waals surface area contributed by atoms with E-state index in [1.54, 1.807) is 6.20 Å². The lowest BCUT2D eigenvalue weighted by atomic mass is 10.0. The molecule has 1 aromatic heterocycles. The average molecular weight is 176 g/mol. The molecule has 1 aromatic rings. The van der Waals surface area contributed by atoms with Gasteiger partial charge in [0.25, 0.3) is 0 Å². The summed E-state index contributed by atoms with van der Waals surface area (Å²) in [5.41, 5.74) is 3.21. The number of rotatable bonds is 0. The maximum absolute atomic E-state index is 8.80. The molecule has 0 aromatic carbocycles. The molecule has 60 valence electrons. The molecule has 0 unspecified atom stereocenters. The summed E-state index contributed by atoms with van der Waals surface area (Å²) in [6.45, 7) is 0. The van der Waals surface area contributed by atoms with Gasteiger partial charge in [-0.25, -0.2) is 0 Å². The molecule has 0 bridgehead atoms. The van der Waals surface area contributed by atoms with Crippen LogP contribution in [0, 0.1) is 11.3 Å². The Morgan fingerprint density at radius 1 is 1.50 bits per heavy atom. The lowest BCUT2D eigenvalue weighted by Gasteiger charge is -2.14. The average Bonchev–Trinajstić information content (AvgIpc) is 2.17. The number of fused-ring (bicyclic) bond motifs is 1. The van der Waals surface area contributed by atoms with Crippen molar-refractivity contribution >= 4 is 11.8 Å². The quantitative estimate of drug-likeness (QED) is 0.604. The normalized spacial score (nSPS) is 14.9. The van der Waals surface area contributed by atoms with E-state index in [1.165, 1.54) is 11.1 Å². The van der Waals surface area contributed by atoms with Gasteiger partial charge in [0.05, 0.1) is 5.56 Å². The van der Waals surface area contributed by atoms with E-state index in [-0.39, 0.29) is 0 Å². The Morgan fingerprint density at radius 2 is 2.42 bits per heavy atom. The third-order valence-electron chi connectivity index (χ3n) is 2.02. The molecule has 0 saturated heterocycles. The fraction of sp³-hybridized carbons (Fsp3) is 0.333. The molecule has 2 heterocycles. The van der Waals surface area contributed by atoms with E-state index in [4.69, 9.17) is 5.26 Å². The van der Waals surface area contributed by atoms with Crippen LogP contribution in [0.15, 0.2) is 12.4 Å². The molecule has 1 aliphatic rings. The minimum Gasteiger partial charge on any atom is -0.263 e. The van der Waals surface area contributed by atoms with Crippen molar-refractivity contribution in [1.29, 1.82) is 5.26 Å². The first-order chi connectivity index (χ1) is 5.92. The molecule has 2 rings (SSSR count). The van der Waals surface area contributed by atoms with Crippen LogP contribution in [-0.4, -0.2) is 10.7 Å². The van der Waals surface area contributed by atoms with Crippen LogP contribution < -0.4 is 0 Å². The molecule has 0 fully saturated rings. The standard InChI is InChI=1S/C9H8N2S/c10-3-7-4-11-5-8-6-12-2-1-9(7)8/h4-5H,1-2,6H2. The Hall–Kier alpha value is -1.01. The van der Waals surface area contributed by atoms with Crippen LogP contribution in [0.1, 0.15) is 16.7 Å². The molecule has 0 amide bonds. The third kappa shape index (κ3) is 1.19. The zero-order valence-corrected chi connectivity index (χ0v) is 7.40. The van der Waals surface area contributed by atoms with Gasteiger partial charge in [0.15, 0.2) is 0 Å². The number of nitrogens with zero attached hydrogens (tertiary/aromatic N) is 2. The molecule has 2 nitrogen and oxygen atoms in total. The van der Waals surface area contributed by atoms with Gasteiger partial charge in [0, 0.05) is 18.1 Å². The summed E-state index contributed by atoms with van der Waals surface area (Å²) in [6, 6.07) is 2.18. The largest absolute Gasteiger partial charge is 0.263 e. The van der Waals surface area contributed by atoms with Gasteiger partial charge in [0.2, 0.25) is 0 Å². The summed E-state index contributed by atoms with van der Waals surface area (Å²) in [6.07, 6.45) is 4.56. The minimum absolute atomic E-state index is 0.757. The first-order valence-electron chi connectivity index (χ1n) is 3.85. The Balaban J connectivity index is 2.53. The predicted octanol–water partition coefficient (Wildman–Crippen LogP) is 1.74. The topological polar surface area (TPSA) is 36.7 Å². The van der Waals surface area contributed by atoms with Crippen molar-refractivity contribution < 1.29 is 0 Å². The molecule has 0 radical (unpaired) electrons. The highest BCUT2D eigenvalue weighted by molar-refractivity contribution is 7.98. The number of hydrogen-bond donors (Lipinski definition) is 0. The van der Waals surface area contributed by atoms with Crippen LogP contribution in [0.3, 0.4) is 0 Å². The molecule has 1 aliphatic heterocycles. The van der Waals surface area contributed by atoms with E-state index < -0.39 is 0 Å². The Morgan fingerprint density at radius 3 is 3.25 bits per heavy atom. The zero-order valence-electron chi connectivity index (χ0n) is 6.58. The van der Waals surface area contributed by atoms with Crippen LogP contribution in [0.4, 0.5) is 0 Å². The highest BCUT2D eigenvalue weighted by Gasteiger charge is 2.12. The van der Waals surface area contributed by atoms with Crippen molar-refractivity contribution in [2.75, 3.05) is 5.75 Å². The molecule has 0 spiro atoms. The molecule has 0 N–H and O–H groups in total. The van der Waals surface area contributed by atoms with Crippen molar-refractivity contribution in [2.45, 2.75) is 12.2 Å².